The maximum absolute atomic E-state index is 5.48. The Balaban J connectivity index is 1.97. The Bertz CT molecular complexity index is 492. The standard InChI is InChI=1S/C10H9IN4S/c11-8-3-1-7(2-4-8)5-13-15-10-14-9(12)6-16-10/h1-6H,12H2,(H,14,15). The van der Waals surface area contributed by atoms with Gasteiger partial charge >= 0.3 is 0 Å². The predicted molar refractivity (Wildman–Crippen MR) is 76.9 cm³/mol. The van der Waals surface area contributed by atoms with Crippen LogP contribution in [0.1, 0.15) is 5.56 Å². The molecule has 0 bridgehead atoms. The summed E-state index contributed by atoms with van der Waals surface area (Å²) in [6.45, 7) is 0. The molecule has 6 heteroatoms. The Kier molecular flexibility index (Phi) is 3.73. The normalized spacial score (nSPS) is 10.8. The Labute approximate surface area is 111 Å². The molecular formula is C10H9IN4S. The van der Waals surface area contributed by atoms with Gasteiger partial charge in [0.05, 0.1) is 6.21 Å². The lowest BCUT2D eigenvalue weighted by atomic mass is 10.2. The van der Waals surface area contributed by atoms with E-state index in [-0.39, 0.29) is 0 Å². The van der Waals surface area contributed by atoms with Crippen LogP contribution in [0.5, 0.6) is 0 Å². The van der Waals surface area contributed by atoms with Crippen LogP contribution in [-0.2, 0) is 0 Å². The largest absolute Gasteiger partial charge is 0.383 e. The van der Waals surface area contributed by atoms with Crippen LogP contribution < -0.4 is 11.2 Å². The highest BCUT2D eigenvalue weighted by molar-refractivity contribution is 14.1. The van der Waals surface area contributed by atoms with Gasteiger partial charge < -0.3 is 5.73 Å². The van der Waals surface area contributed by atoms with E-state index in [2.05, 4.69) is 38.1 Å². The van der Waals surface area contributed by atoms with Crippen molar-refractivity contribution >= 4 is 51.1 Å². The summed E-state index contributed by atoms with van der Waals surface area (Å²) in [5.74, 6) is 0.511. The van der Waals surface area contributed by atoms with Crippen LogP contribution in [0.2, 0.25) is 0 Å². The molecule has 0 amide bonds. The van der Waals surface area contributed by atoms with Crippen molar-refractivity contribution in [1.29, 1.82) is 0 Å². The van der Waals surface area contributed by atoms with Crippen LogP contribution in [0, 0.1) is 3.57 Å². The zero-order valence-corrected chi connectivity index (χ0v) is 11.2. The quantitative estimate of drug-likeness (QED) is 0.511. The molecule has 0 aliphatic carbocycles. The van der Waals surface area contributed by atoms with Gasteiger partial charge in [-0.1, -0.05) is 12.1 Å². The van der Waals surface area contributed by atoms with Crippen LogP contribution in [0.15, 0.2) is 34.7 Å². The lowest BCUT2D eigenvalue weighted by molar-refractivity contribution is 1.29. The molecule has 0 aliphatic heterocycles. The van der Waals surface area contributed by atoms with Crippen LogP contribution >= 0.6 is 33.9 Å². The molecule has 1 aromatic carbocycles. The van der Waals surface area contributed by atoms with Gasteiger partial charge in [0.1, 0.15) is 5.82 Å². The number of anilines is 2. The molecule has 1 aromatic heterocycles. The van der Waals surface area contributed by atoms with Crippen molar-refractivity contribution in [2.45, 2.75) is 0 Å². The number of hydrogen-bond donors (Lipinski definition) is 2. The van der Waals surface area contributed by atoms with E-state index in [1.54, 1.807) is 11.6 Å². The van der Waals surface area contributed by atoms with Crippen molar-refractivity contribution in [3.8, 4) is 0 Å². The molecule has 0 saturated carbocycles. The van der Waals surface area contributed by atoms with Gasteiger partial charge in [-0.25, -0.2) is 4.98 Å². The summed E-state index contributed by atoms with van der Waals surface area (Å²) in [6, 6.07) is 8.07. The Hall–Kier alpha value is -1.15. The number of halogens is 1. The Morgan fingerprint density at radius 2 is 2.12 bits per heavy atom. The number of nitrogen functional groups attached to an aromatic ring is 1. The van der Waals surface area contributed by atoms with Crippen molar-refractivity contribution < 1.29 is 0 Å². The number of benzene rings is 1. The lowest BCUT2D eigenvalue weighted by Gasteiger charge is -1.94. The Morgan fingerprint density at radius 1 is 1.38 bits per heavy atom. The van der Waals surface area contributed by atoms with E-state index in [0.717, 1.165) is 5.56 Å². The maximum atomic E-state index is 5.48. The molecule has 0 atom stereocenters. The number of nitrogens with two attached hydrogens (primary N) is 1. The zero-order chi connectivity index (χ0) is 11.4. The van der Waals surface area contributed by atoms with E-state index in [4.69, 9.17) is 5.73 Å². The van der Waals surface area contributed by atoms with E-state index in [1.807, 2.05) is 24.3 Å². The minimum Gasteiger partial charge on any atom is -0.383 e. The second-order valence-corrected chi connectivity index (χ2v) is 5.10. The number of nitrogens with one attached hydrogen (secondary N) is 1. The van der Waals surface area contributed by atoms with Gasteiger partial charge in [0.25, 0.3) is 0 Å². The molecule has 0 spiro atoms. The van der Waals surface area contributed by atoms with Gasteiger partial charge in [-0.15, -0.1) is 11.3 Å². The average molecular weight is 344 g/mol. The van der Waals surface area contributed by atoms with Crippen molar-refractivity contribution in [2.24, 2.45) is 5.10 Å². The molecule has 82 valence electrons. The number of aromatic nitrogens is 1. The fourth-order valence-electron chi connectivity index (χ4n) is 1.05. The van der Waals surface area contributed by atoms with Crippen molar-refractivity contribution in [3.63, 3.8) is 0 Å². The molecule has 4 nitrogen and oxygen atoms in total. The summed E-state index contributed by atoms with van der Waals surface area (Å²) in [5, 5.41) is 6.53. The van der Waals surface area contributed by atoms with E-state index in [9.17, 15) is 0 Å². The van der Waals surface area contributed by atoms with Crippen molar-refractivity contribution in [3.05, 3.63) is 38.8 Å². The molecule has 0 unspecified atom stereocenters. The molecule has 3 N–H and O–H groups in total. The van der Waals surface area contributed by atoms with Gasteiger partial charge in [0, 0.05) is 8.95 Å². The minimum absolute atomic E-state index is 0.511. The smallest absolute Gasteiger partial charge is 0.205 e. The van der Waals surface area contributed by atoms with Gasteiger partial charge in [0.15, 0.2) is 0 Å². The molecule has 16 heavy (non-hydrogen) atoms. The molecule has 1 heterocycles. The summed E-state index contributed by atoms with van der Waals surface area (Å²) >= 11 is 3.69. The monoisotopic (exact) mass is 344 g/mol. The number of thiazole rings is 1. The topological polar surface area (TPSA) is 63.3 Å². The average Bonchev–Trinajstić information content (AvgIpc) is 2.67. The minimum atomic E-state index is 0.511. The molecule has 2 rings (SSSR count). The first-order valence-electron chi connectivity index (χ1n) is 4.50. The van der Waals surface area contributed by atoms with Gasteiger partial charge in [-0.2, -0.15) is 5.10 Å². The lowest BCUT2D eigenvalue weighted by Crippen LogP contribution is -1.91. The molecular weight excluding hydrogens is 335 g/mol. The fourth-order valence-corrected chi connectivity index (χ4v) is 1.96. The number of hydrazone groups is 1. The molecule has 0 radical (unpaired) electrons. The molecule has 0 fully saturated rings. The van der Waals surface area contributed by atoms with E-state index >= 15 is 0 Å². The third kappa shape index (κ3) is 3.17. The number of hydrogen-bond acceptors (Lipinski definition) is 5. The number of nitrogens with zero attached hydrogens (tertiary/aromatic N) is 2. The Morgan fingerprint density at radius 3 is 2.75 bits per heavy atom. The highest BCUT2D eigenvalue weighted by Crippen LogP contribution is 2.16. The van der Waals surface area contributed by atoms with Gasteiger partial charge in [-0.05, 0) is 40.3 Å². The first-order valence-corrected chi connectivity index (χ1v) is 6.45. The van der Waals surface area contributed by atoms with Crippen LogP contribution in [-0.4, -0.2) is 11.2 Å². The molecule has 2 aromatic rings. The summed E-state index contributed by atoms with van der Waals surface area (Å²) in [6.07, 6.45) is 1.74. The van der Waals surface area contributed by atoms with E-state index in [1.165, 1.54) is 14.9 Å². The second-order valence-electron chi connectivity index (χ2n) is 3.00. The van der Waals surface area contributed by atoms with Crippen molar-refractivity contribution in [2.75, 3.05) is 11.2 Å². The summed E-state index contributed by atoms with van der Waals surface area (Å²) in [5.41, 5.74) is 9.35. The SMILES string of the molecule is Nc1csc(NN=Cc2ccc(I)cc2)n1. The van der Waals surface area contributed by atoms with E-state index < -0.39 is 0 Å². The van der Waals surface area contributed by atoms with Crippen LogP contribution in [0.25, 0.3) is 0 Å². The molecule has 0 saturated heterocycles. The highest BCUT2D eigenvalue weighted by atomic mass is 127. The van der Waals surface area contributed by atoms with Gasteiger partial charge in [0.2, 0.25) is 5.13 Å². The fraction of sp³-hybridized carbons (Fsp3) is 0. The van der Waals surface area contributed by atoms with Gasteiger partial charge in [-0.3, -0.25) is 5.43 Å². The summed E-state index contributed by atoms with van der Waals surface area (Å²) in [4.78, 5) is 4.03. The molecule has 0 aliphatic rings. The second kappa shape index (κ2) is 5.26. The predicted octanol–water partition coefficient (Wildman–Crippen LogP) is 2.78. The number of rotatable bonds is 3. The highest BCUT2D eigenvalue weighted by Gasteiger charge is 1.94. The first-order chi connectivity index (χ1) is 7.74. The van der Waals surface area contributed by atoms with E-state index in [0.29, 0.717) is 10.9 Å². The van der Waals surface area contributed by atoms with Crippen molar-refractivity contribution in [1.82, 2.24) is 4.98 Å². The van der Waals surface area contributed by atoms with Crippen LogP contribution in [0.4, 0.5) is 10.9 Å². The zero-order valence-electron chi connectivity index (χ0n) is 8.22. The summed E-state index contributed by atoms with van der Waals surface area (Å²) in [7, 11) is 0. The first kappa shape index (κ1) is 11.3. The van der Waals surface area contributed by atoms with Crippen LogP contribution in [0.3, 0.4) is 0 Å². The maximum Gasteiger partial charge on any atom is 0.205 e. The summed E-state index contributed by atoms with van der Waals surface area (Å²) < 4.78 is 1.20. The third-order valence-corrected chi connectivity index (χ3v) is 3.25. The third-order valence-electron chi connectivity index (χ3n) is 1.77.